The molecule has 3 heteroatoms. The first kappa shape index (κ1) is 29.1. The number of hydrogen-bond donors (Lipinski definition) is 0. The average Bonchev–Trinajstić information content (AvgIpc) is 3.74. The summed E-state index contributed by atoms with van der Waals surface area (Å²) in [7, 11) is 0. The maximum Gasteiger partial charge on any atom is 0.135 e. The minimum absolute atomic E-state index is 0.886. The molecule has 0 bridgehead atoms. The normalized spacial score (nSPS) is 11.5. The molecule has 0 aliphatic carbocycles. The molecule has 0 fully saturated rings. The van der Waals surface area contributed by atoms with E-state index in [9.17, 15) is 0 Å². The van der Waals surface area contributed by atoms with Crippen LogP contribution in [-0.2, 0) is 0 Å². The van der Waals surface area contributed by atoms with Gasteiger partial charge in [-0.3, -0.25) is 0 Å². The molecule has 10 aromatic rings. The van der Waals surface area contributed by atoms with Crippen LogP contribution in [0.3, 0.4) is 0 Å². The molecule has 0 radical (unpaired) electrons. The summed E-state index contributed by atoms with van der Waals surface area (Å²) >= 11 is 0. The molecular formula is C48H32N2O. The zero-order valence-corrected chi connectivity index (χ0v) is 27.8. The van der Waals surface area contributed by atoms with E-state index in [-0.39, 0.29) is 0 Å². The molecule has 0 saturated heterocycles. The Morgan fingerprint density at radius 3 is 1.57 bits per heavy atom. The fourth-order valence-electron chi connectivity index (χ4n) is 7.62. The quantitative estimate of drug-likeness (QED) is 0.178. The maximum absolute atomic E-state index is 6.20. The lowest BCUT2D eigenvalue weighted by Crippen LogP contribution is -2.09. The van der Waals surface area contributed by atoms with E-state index in [0.717, 1.165) is 50.3 Å². The number of anilines is 3. The summed E-state index contributed by atoms with van der Waals surface area (Å²) < 4.78 is 8.60. The minimum atomic E-state index is 0.886. The molecule has 0 aliphatic heterocycles. The number of nitrogens with zero attached hydrogens (tertiary/aromatic N) is 2. The zero-order valence-electron chi connectivity index (χ0n) is 27.8. The van der Waals surface area contributed by atoms with Gasteiger partial charge in [-0.1, -0.05) is 127 Å². The van der Waals surface area contributed by atoms with Crippen LogP contribution >= 0.6 is 0 Å². The number of rotatable bonds is 6. The first-order chi connectivity index (χ1) is 25.3. The smallest absolute Gasteiger partial charge is 0.135 e. The minimum Gasteiger partial charge on any atom is -0.456 e. The van der Waals surface area contributed by atoms with Gasteiger partial charge >= 0.3 is 0 Å². The van der Waals surface area contributed by atoms with Gasteiger partial charge in [-0.15, -0.1) is 0 Å². The van der Waals surface area contributed by atoms with E-state index in [1.165, 1.54) is 38.5 Å². The summed E-state index contributed by atoms with van der Waals surface area (Å²) in [5, 5.41) is 4.74. The third kappa shape index (κ3) is 4.90. The molecule has 0 saturated carbocycles. The van der Waals surface area contributed by atoms with Crippen LogP contribution in [0.5, 0.6) is 0 Å². The molecular weight excluding hydrogens is 621 g/mol. The second kappa shape index (κ2) is 11.9. The van der Waals surface area contributed by atoms with E-state index in [0.29, 0.717) is 0 Å². The van der Waals surface area contributed by atoms with Crippen molar-refractivity contribution in [1.82, 2.24) is 4.57 Å². The van der Waals surface area contributed by atoms with Crippen molar-refractivity contribution in [2.45, 2.75) is 0 Å². The van der Waals surface area contributed by atoms with E-state index in [1.807, 2.05) is 12.1 Å². The van der Waals surface area contributed by atoms with Crippen molar-refractivity contribution in [3.05, 3.63) is 194 Å². The number of fused-ring (bicyclic) bond motifs is 6. The van der Waals surface area contributed by atoms with Crippen molar-refractivity contribution in [3.8, 4) is 27.9 Å². The van der Waals surface area contributed by atoms with Crippen LogP contribution in [0, 0.1) is 0 Å². The molecule has 0 unspecified atom stereocenters. The molecule has 10 rings (SSSR count). The molecule has 2 aromatic heterocycles. The van der Waals surface area contributed by atoms with Gasteiger partial charge in [0, 0.05) is 44.2 Å². The molecule has 0 spiro atoms. The Morgan fingerprint density at radius 2 is 0.863 bits per heavy atom. The molecule has 2 heterocycles. The number of hydrogen-bond acceptors (Lipinski definition) is 2. The van der Waals surface area contributed by atoms with Crippen LogP contribution in [0.15, 0.2) is 199 Å². The number of furan rings is 1. The van der Waals surface area contributed by atoms with E-state index in [4.69, 9.17) is 4.42 Å². The van der Waals surface area contributed by atoms with Gasteiger partial charge in [-0.25, -0.2) is 0 Å². The monoisotopic (exact) mass is 652 g/mol. The summed E-state index contributed by atoms with van der Waals surface area (Å²) in [6, 6.07) is 69.2. The van der Waals surface area contributed by atoms with Crippen LogP contribution < -0.4 is 4.90 Å². The molecule has 0 N–H and O–H groups in total. The lowest BCUT2D eigenvalue weighted by molar-refractivity contribution is 0.669. The van der Waals surface area contributed by atoms with Crippen LogP contribution in [0.1, 0.15) is 0 Å². The van der Waals surface area contributed by atoms with E-state index >= 15 is 0 Å². The highest BCUT2D eigenvalue weighted by Gasteiger charge is 2.18. The molecule has 0 atom stereocenters. The Labute approximate surface area is 295 Å². The van der Waals surface area contributed by atoms with Crippen molar-refractivity contribution in [2.75, 3.05) is 4.90 Å². The highest BCUT2D eigenvalue weighted by molar-refractivity contribution is 6.10. The summed E-state index contributed by atoms with van der Waals surface area (Å²) in [4.78, 5) is 2.33. The van der Waals surface area contributed by atoms with Gasteiger partial charge in [0.2, 0.25) is 0 Å². The molecule has 0 aliphatic rings. The van der Waals surface area contributed by atoms with Gasteiger partial charge in [0.05, 0.1) is 16.7 Å². The summed E-state index contributed by atoms with van der Waals surface area (Å²) in [6.45, 7) is 0. The second-order valence-electron chi connectivity index (χ2n) is 13.0. The first-order valence-electron chi connectivity index (χ1n) is 17.4. The van der Waals surface area contributed by atoms with Crippen molar-refractivity contribution < 1.29 is 4.42 Å². The number of benzene rings is 8. The lowest BCUT2D eigenvalue weighted by atomic mass is 10.0. The van der Waals surface area contributed by atoms with Crippen LogP contribution in [0.2, 0.25) is 0 Å². The summed E-state index contributed by atoms with van der Waals surface area (Å²) in [5.41, 5.74) is 13.3. The Morgan fingerprint density at radius 1 is 0.353 bits per heavy atom. The molecule has 0 amide bonds. The van der Waals surface area contributed by atoms with Gasteiger partial charge in [-0.2, -0.15) is 0 Å². The van der Waals surface area contributed by atoms with E-state index < -0.39 is 0 Å². The predicted molar refractivity (Wildman–Crippen MR) is 214 cm³/mol. The highest BCUT2D eigenvalue weighted by Crippen LogP contribution is 2.41. The Kier molecular flexibility index (Phi) is 6.81. The zero-order chi connectivity index (χ0) is 33.7. The maximum atomic E-state index is 6.20. The Bertz CT molecular complexity index is 2790. The van der Waals surface area contributed by atoms with Gasteiger partial charge in [0.1, 0.15) is 11.2 Å². The van der Waals surface area contributed by atoms with Gasteiger partial charge in [-0.05, 0) is 83.4 Å². The van der Waals surface area contributed by atoms with Gasteiger partial charge < -0.3 is 13.9 Å². The van der Waals surface area contributed by atoms with Gasteiger partial charge in [0.15, 0.2) is 0 Å². The highest BCUT2D eigenvalue weighted by atomic mass is 16.3. The van der Waals surface area contributed by atoms with Gasteiger partial charge in [0.25, 0.3) is 0 Å². The fraction of sp³-hybridized carbons (Fsp3) is 0. The van der Waals surface area contributed by atoms with E-state index in [1.54, 1.807) is 0 Å². The summed E-state index contributed by atoms with van der Waals surface area (Å²) in [6.07, 6.45) is 0. The molecule has 240 valence electrons. The average molecular weight is 653 g/mol. The van der Waals surface area contributed by atoms with Crippen LogP contribution in [0.4, 0.5) is 17.1 Å². The predicted octanol–water partition coefficient (Wildman–Crippen LogP) is 13.5. The third-order valence-electron chi connectivity index (χ3n) is 10.0. The SMILES string of the molecule is c1ccc(-c2ccc(N(c3ccc(-c4ccccc4-n4c5ccccc5c5ccccc54)cc3)c3ccc4oc5ccccc5c4c3)cc2)cc1. The second-order valence-corrected chi connectivity index (χ2v) is 13.0. The molecule has 51 heavy (non-hydrogen) atoms. The summed E-state index contributed by atoms with van der Waals surface area (Å²) in [5.74, 6) is 0. The van der Waals surface area contributed by atoms with Crippen molar-refractivity contribution in [3.63, 3.8) is 0 Å². The van der Waals surface area contributed by atoms with Crippen molar-refractivity contribution >= 4 is 60.8 Å². The van der Waals surface area contributed by atoms with E-state index in [2.05, 4.69) is 191 Å². The third-order valence-corrected chi connectivity index (χ3v) is 10.0. The Balaban J connectivity index is 1.10. The van der Waals surface area contributed by atoms with Crippen molar-refractivity contribution in [2.24, 2.45) is 0 Å². The van der Waals surface area contributed by atoms with Crippen LogP contribution in [-0.4, -0.2) is 4.57 Å². The number of aromatic nitrogens is 1. The lowest BCUT2D eigenvalue weighted by Gasteiger charge is -2.26. The number of para-hydroxylation sites is 4. The Hall–Kier alpha value is -6.84. The van der Waals surface area contributed by atoms with Crippen molar-refractivity contribution in [1.29, 1.82) is 0 Å². The fourth-order valence-corrected chi connectivity index (χ4v) is 7.62. The topological polar surface area (TPSA) is 21.3 Å². The standard InChI is InChI=1S/C48H32N2O/c1-2-12-33(13-3-1)34-22-26-36(27-23-34)49(38-30-31-48-43(32-38)42-17-7-11-21-47(42)51-48)37-28-24-35(25-29-37)39-14-4-8-18-44(39)50-45-19-9-5-15-40(45)41-16-6-10-20-46(41)50/h1-32H. The molecule has 3 nitrogen and oxygen atoms in total. The molecule has 8 aromatic carbocycles. The first-order valence-corrected chi connectivity index (χ1v) is 17.4. The van der Waals surface area contributed by atoms with Crippen LogP contribution in [0.25, 0.3) is 71.7 Å². The largest absolute Gasteiger partial charge is 0.456 e.